The predicted octanol–water partition coefficient (Wildman–Crippen LogP) is 3.50. The Kier molecular flexibility index (Phi) is 6.49. The van der Waals surface area contributed by atoms with Gasteiger partial charge in [0.15, 0.2) is 0 Å². The van der Waals surface area contributed by atoms with Crippen LogP contribution in [0.15, 0.2) is 42.5 Å². The number of methoxy groups -OCH3 is 1. The van der Waals surface area contributed by atoms with Gasteiger partial charge in [-0.3, -0.25) is 9.10 Å². The second-order valence-corrected chi connectivity index (χ2v) is 8.37. The third kappa shape index (κ3) is 5.01. The van der Waals surface area contributed by atoms with E-state index in [-0.39, 0.29) is 0 Å². The lowest BCUT2D eigenvalue weighted by molar-refractivity contribution is -0.117. The van der Waals surface area contributed by atoms with Crippen LogP contribution in [0.3, 0.4) is 0 Å². The second kappa shape index (κ2) is 8.43. The summed E-state index contributed by atoms with van der Waals surface area (Å²) in [5, 5.41) is 2.82. The van der Waals surface area contributed by atoms with Gasteiger partial charge in [-0.05, 0) is 55.7 Å². The second-order valence-electron chi connectivity index (χ2n) is 6.51. The first-order valence-corrected chi connectivity index (χ1v) is 10.5. The first-order valence-electron chi connectivity index (χ1n) is 8.69. The van der Waals surface area contributed by atoms with E-state index in [0.717, 1.165) is 17.4 Å². The smallest absolute Gasteiger partial charge is 0.248 e. The molecule has 2 rings (SSSR count). The molecular formula is C20H26N2O4S. The van der Waals surface area contributed by atoms with Crippen molar-refractivity contribution in [2.75, 3.05) is 23.0 Å². The van der Waals surface area contributed by atoms with Crippen molar-refractivity contribution in [2.24, 2.45) is 0 Å². The van der Waals surface area contributed by atoms with Gasteiger partial charge in [-0.1, -0.05) is 25.1 Å². The molecule has 146 valence electrons. The summed E-state index contributed by atoms with van der Waals surface area (Å²) in [6.45, 7) is 5.57. The maximum Gasteiger partial charge on any atom is 0.248 e. The molecule has 0 saturated heterocycles. The van der Waals surface area contributed by atoms with Crippen molar-refractivity contribution in [1.82, 2.24) is 0 Å². The van der Waals surface area contributed by atoms with E-state index >= 15 is 0 Å². The number of anilines is 2. The van der Waals surface area contributed by atoms with Crippen molar-refractivity contribution >= 4 is 27.3 Å². The topological polar surface area (TPSA) is 75.7 Å². The van der Waals surface area contributed by atoms with Gasteiger partial charge < -0.3 is 10.1 Å². The zero-order valence-electron chi connectivity index (χ0n) is 16.3. The molecule has 27 heavy (non-hydrogen) atoms. The molecule has 0 saturated carbocycles. The number of hydrogen-bond donors (Lipinski definition) is 1. The van der Waals surface area contributed by atoms with Crippen LogP contribution in [0.25, 0.3) is 0 Å². The van der Waals surface area contributed by atoms with Gasteiger partial charge in [0.2, 0.25) is 15.9 Å². The highest BCUT2D eigenvalue weighted by Crippen LogP contribution is 2.28. The van der Waals surface area contributed by atoms with Crippen molar-refractivity contribution in [3.8, 4) is 5.75 Å². The summed E-state index contributed by atoms with van der Waals surface area (Å²) in [4.78, 5) is 13.0. The number of rotatable bonds is 7. The molecule has 1 amide bonds. The number of carbonyl (C=O) groups excluding carboxylic acids is 1. The SMILES string of the molecule is CC[C@@H](C(=O)Nc1cc(C)ccc1OC)N(c1cccc(C)c1)S(C)(=O)=O. The maximum atomic E-state index is 13.0. The van der Waals surface area contributed by atoms with Gasteiger partial charge in [0.25, 0.3) is 0 Å². The van der Waals surface area contributed by atoms with Gasteiger partial charge in [0, 0.05) is 0 Å². The van der Waals surface area contributed by atoms with Crippen LogP contribution in [0, 0.1) is 13.8 Å². The zero-order chi connectivity index (χ0) is 20.2. The highest BCUT2D eigenvalue weighted by Gasteiger charge is 2.32. The fourth-order valence-corrected chi connectivity index (χ4v) is 4.16. The van der Waals surface area contributed by atoms with Crippen LogP contribution in [0.4, 0.5) is 11.4 Å². The Hall–Kier alpha value is -2.54. The van der Waals surface area contributed by atoms with Crippen LogP contribution in [-0.4, -0.2) is 33.7 Å². The lowest BCUT2D eigenvalue weighted by Crippen LogP contribution is -2.47. The number of aryl methyl sites for hydroxylation is 2. The van der Waals surface area contributed by atoms with Crippen LogP contribution in [0.2, 0.25) is 0 Å². The lowest BCUT2D eigenvalue weighted by atomic mass is 10.1. The fraction of sp³-hybridized carbons (Fsp3) is 0.350. The van der Waals surface area contributed by atoms with Crippen molar-refractivity contribution in [3.05, 3.63) is 53.6 Å². The number of nitrogens with zero attached hydrogens (tertiary/aromatic N) is 1. The van der Waals surface area contributed by atoms with Crippen molar-refractivity contribution < 1.29 is 17.9 Å². The summed E-state index contributed by atoms with van der Waals surface area (Å²) in [5.41, 5.74) is 2.85. The first kappa shape index (κ1) is 20.8. The number of nitrogens with one attached hydrogen (secondary N) is 1. The molecule has 2 aromatic carbocycles. The van der Waals surface area contributed by atoms with Crippen LogP contribution >= 0.6 is 0 Å². The van der Waals surface area contributed by atoms with Crippen LogP contribution in [0.1, 0.15) is 24.5 Å². The summed E-state index contributed by atoms with van der Waals surface area (Å²) >= 11 is 0. The normalized spacial score (nSPS) is 12.3. The van der Waals surface area contributed by atoms with Crippen molar-refractivity contribution in [2.45, 2.75) is 33.2 Å². The molecule has 0 aliphatic carbocycles. The molecule has 0 fully saturated rings. The quantitative estimate of drug-likeness (QED) is 0.785. The Morgan fingerprint density at radius 2 is 1.81 bits per heavy atom. The van der Waals surface area contributed by atoms with Gasteiger partial charge in [0.05, 0.1) is 24.7 Å². The average molecular weight is 391 g/mol. The Labute approximate surface area is 161 Å². The maximum absolute atomic E-state index is 13.0. The number of amides is 1. The highest BCUT2D eigenvalue weighted by atomic mass is 32.2. The van der Waals surface area contributed by atoms with Gasteiger partial charge in [0.1, 0.15) is 11.8 Å². The third-order valence-electron chi connectivity index (χ3n) is 4.20. The number of carbonyl (C=O) groups is 1. The first-order chi connectivity index (χ1) is 12.7. The molecular weight excluding hydrogens is 364 g/mol. The summed E-state index contributed by atoms with van der Waals surface area (Å²) in [5.74, 6) is 0.110. The van der Waals surface area contributed by atoms with Gasteiger partial charge in [-0.15, -0.1) is 0 Å². The molecule has 6 nitrogen and oxygen atoms in total. The number of sulfonamides is 1. The van der Waals surface area contributed by atoms with E-state index in [1.807, 2.05) is 26.0 Å². The molecule has 1 N–H and O–H groups in total. The van der Waals surface area contributed by atoms with Crippen molar-refractivity contribution in [1.29, 1.82) is 0 Å². The van der Waals surface area contributed by atoms with E-state index in [1.54, 1.807) is 37.3 Å². The molecule has 0 aromatic heterocycles. The molecule has 7 heteroatoms. The summed E-state index contributed by atoms with van der Waals surface area (Å²) in [7, 11) is -2.14. The van der Waals surface area contributed by atoms with E-state index in [0.29, 0.717) is 23.5 Å². The number of benzene rings is 2. The molecule has 0 radical (unpaired) electrons. The number of hydrogen-bond acceptors (Lipinski definition) is 4. The molecule has 2 aromatic rings. The summed E-state index contributed by atoms with van der Waals surface area (Å²) in [6, 6.07) is 11.6. The van der Waals surface area contributed by atoms with E-state index in [9.17, 15) is 13.2 Å². The molecule has 0 spiro atoms. The minimum Gasteiger partial charge on any atom is -0.495 e. The zero-order valence-corrected chi connectivity index (χ0v) is 17.1. The van der Waals surface area contributed by atoms with Crippen LogP contribution < -0.4 is 14.4 Å². The van der Waals surface area contributed by atoms with Crippen LogP contribution in [0.5, 0.6) is 5.75 Å². The minimum atomic E-state index is -3.67. The number of ether oxygens (including phenoxy) is 1. The van der Waals surface area contributed by atoms with Gasteiger partial charge in [-0.25, -0.2) is 8.42 Å². The minimum absolute atomic E-state index is 0.320. The molecule has 0 unspecified atom stereocenters. The Balaban J connectivity index is 2.42. The molecule has 0 aliphatic heterocycles. The predicted molar refractivity (Wildman–Crippen MR) is 109 cm³/mol. The largest absolute Gasteiger partial charge is 0.495 e. The molecule has 0 aliphatic rings. The van der Waals surface area contributed by atoms with Gasteiger partial charge >= 0.3 is 0 Å². The third-order valence-corrected chi connectivity index (χ3v) is 5.38. The standard InChI is InChI=1S/C20H26N2O4S/c1-6-18(20(23)21-17-13-15(3)10-11-19(17)26-4)22(27(5,24)25)16-9-7-8-14(2)12-16/h7-13,18H,6H2,1-5H3,(H,21,23)/t18-/m0/s1. The van der Waals surface area contributed by atoms with Gasteiger partial charge in [-0.2, -0.15) is 0 Å². The summed E-state index contributed by atoms with van der Waals surface area (Å²) < 4.78 is 31.5. The Morgan fingerprint density at radius 1 is 1.15 bits per heavy atom. The van der Waals surface area contributed by atoms with Crippen molar-refractivity contribution in [3.63, 3.8) is 0 Å². The van der Waals surface area contributed by atoms with E-state index in [4.69, 9.17) is 4.74 Å². The monoisotopic (exact) mass is 390 g/mol. The fourth-order valence-electron chi connectivity index (χ4n) is 2.96. The molecule has 1 atom stereocenters. The average Bonchev–Trinajstić information content (AvgIpc) is 2.58. The molecule has 0 heterocycles. The highest BCUT2D eigenvalue weighted by molar-refractivity contribution is 7.92. The van der Waals surface area contributed by atoms with Crippen LogP contribution in [-0.2, 0) is 14.8 Å². The van der Waals surface area contributed by atoms with E-state index < -0.39 is 22.0 Å². The Bertz CT molecular complexity index is 925. The molecule has 0 bridgehead atoms. The summed E-state index contributed by atoms with van der Waals surface area (Å²) in [6.07, 6.45) is 1.43. The van der Waals surface area contributed by atoms with E-state index in [1.165, 1.54) is 11.4 Å². The van der Waals surface area contributed by atoms with E-state index in [2.05, 4.69) is 5.32 Å². The Morgan fingerprint density at radius 3 is 2.37 bits per heavy atom. The lowest BCUT2D eigenvalue weighted by Gasteiger charge is -2.30.